The summed E-state index contributed by atoms with van der Waals surface area (Å²) in [6, 6.07) is 2.90. The Hall–Kier alpha value is -2.17. The lowest BCUT2D eigenvalue weighted by molar-refractivity contribution is -0.200. The van der Waals surface area contributed by atoms with Crippen molar-refractivity contribution in [1.29, 1.82) is 0 Å². The standard InChI is InChI=1S/C15H11F9N2/c16-13(17,18)8-4-2-1-3-7(8)12(26)6-5-9(25)10(14(19,20)21)11(12)15(22,23)24/h1-6,11H,25-26H2. The van der Waals surface area contributed by atoms with Gasteiger partial charge in [-0.3, -0.25) is 0 Å². The van der Waals surface area contributed by atoms with Crippen molar-refractivity contribution >= 4 is 0 Å². The van der Waals surface area contributed by atoms with E-state index in [0.29, 0.717) is 24.3 Å². The van der Waals surface area contributed by atoms with Gasteiger partial charge < -0.3 is 11.5 Å². The van der Waals surface area contributed by atoms with Crippen LogP contribution in [0.5, 0.6) is 0 Å². The number of hydrogen-bond donors (Lipinski definition) is 2. The molecule has 1 aliphatic carbocycles. The SMILES string of the molecule is NC1=C(C(F)(F)F)C(C(F)(F)F)C(N)(c2ccccc2C(F)(F)F)C=C1. The van der Waals surface area contributed by atoms with E-state index in [0.717, 1.165) is 12.1 Å². The molecular formula is C15H11F9N2. The highest BCUT2D eigenvalue weighted by Crippen LogP contribution is 2.53. The minimum absolute atomic E-state index is 0.417. The van der Waals surface area contributed by atoms with Crippen LogP contribution in [0.3, 0.4) is 0 Å². The first-order chi connectivity index (χ1) is 11.6. The first kappa shape index (κ1) is 20.1. The van der Waals surface area contributed by atoms with Crippen molar-refractivity contribution in [2.75, 3.05) is 0 Å². The van der Waals surface area contributed by atoms with E-state index < -0.39 is 52.4 Å². The third-order valence-corrected chi connectivity index (χ3v) is 3.95. The third kappa shape index (κ3) is 3.39. The van der Waals surface area contributed by atoms with E-state index in [1.54, 1.807) is 0 Å². The summed E-state index contributed by atoms with van der Waals surface area (Å²) in [5, 5.41) is 0. The van der Waals surface area contributed by atoms with Gasteiger partial charge in [0.15, 0.2) is 0 Å². The Kier molecular flexibility index (Phi) is 4.60. The van der Waals surface area contributed by atoms with Gasteiger partial charge in [0.25, 0.3) is 0 Å². The molecule has 2 atom stereocenters. The van der Waals surface area contributed by atoms with E-state index in [-0.39, 0.29) is 0 Å². The minimum Gasteiger partial charge on any atom is -0.398 e. The van der Waals surface area contributed by atoms with Crippen molar-refractivity contribution < 1.29 is 39.5 Å². The van der Waals surface area contributed by atoms with Crippen molar-refractivity contribution in [2.45, 2.75) is 24.1 Å². The van der Waals surface area contributed by atoms with Gasteiger partial charge in [-0.1, -0.05) is 24.3 Å². The van der Waals surface area contributed by atoms with Gasteiger partial charge >= 0.3 is 18.5 Å². The van der Waals surface area contributed by atoms with Crippen LogP contribution in [0.25, 0.3) is 0 Å². The number of hydrogen-bond acceptors (Lipinski definition) is 2. The van der Waals surface area contributed by atoms with Gasteiger partial charge in [-0.05, 0) is 17.7 Å². The molecule has 0 aliphatic heterocycles. The molecule has 1 aromatic rings. The Labute approximate surface area is 141 Å². The second-order valence-electron chi connectivity index (χ2n) is 5.65. The normalized spacial score (nSPS) is 24.9. The quantitative estimate of drug-likeness (QED) is 0.700. The summed E-state index contributed by atoms with van der Waals surface area (Å²) in [5.74, 6) is -3.51. The Morgan fingerprint density at radius 2 is 1.38 bits per heavy atom. The van der Waals surface area contributed by atoms with Crippen LogP contribution in [0, 0.1) is 5.92 Å². The maximum atomic E-state index is 13.5. The molecule has 0 spiro atoms. The van der Waals surface area contributed by atoms with Crippen molar-refractivity contribution in [3.63, 3.8) is 0 Å². The molecule has 4 N–H and O–H groups in total. The van der Waals surface area contributed by atoms with Crippen LogP contribution in [0.15, 0.2) is 47.7 Å². The topological polar surface area (TPSA) is 52.0 Å². The van der Waals surface area contributed by atoms with E-state index >= 15 is 0 Å². The summed E-state index contributed by atoms with van der Waals surface area (Å²) in [6.07, 6.45) is -15.4. The summed E-state index contributed by atoms with van der Waals surface area (Å²) in [5.41, 5.74) is 1.28. The van der Waals surface area contributed by atoms with Crippen molar-refractivity contribution in [1.82, 2.24) is 0 Å². The van der Waals surface area contributed by atoms with Gasteiger partial charge in [-0.15, -0.1) is 0 Å². The van der Waals surface area contributed by atoms with Gasteiger partial charge in [-0.2, -0.15) is 39.5 Å². The van der Waals surface area contributed by atoms with Crippen LogP contribution < -0.4 is 11.5 Å². The second kappa shape index (κ2) is 5.93. The summed E-state index contributed by atoms with van der Waals surface area (Å²) >= 11 is 0. The summed E-state index contributed by atoms with van der Waals surface area (Å²) in [7, 11) is 0. The zero-order valence-corrected chi connectivity index (χ0v) is 12.6. The fraction of sp³-hybridized carbons (Fsp3) is 0.333. The Morgan fingerprint density at radius 3 is 1.85 bits per heavy atom. The van der Waals surface area contributed by atoms with Gasteiger partial charge in [0.2, 0.25) is 0 Å². The molecule has 1 aliphatic rings. The minimum atomic E-state index is -5.62. The number of rotatable bonds is 1. The molecule has 0 fully saturated rings. The molecule has 0 saturated carbocycles. The molecule has 0 radical (unpaired) electrons. The molecule has 2 nitrogen and oxygen atoms in total. The summed E-state index contributed by atoms with van der Waals surface area (Å²) in [6.45, 7) is 0. The van der Waals surface area contributed by atoms with Crippen molar-refractivity contribution in [3.8, 4) is 0 Å². The number of nitrogens with two attached hydrogens (primary N) is 2. The molecule has 0 bridgehead atoms. The van der Waals surface area contributed by atoms with Gasteiger partial charge in [-0.25, -0.2) is 0 Å². The monoisotopic (exact) mass is 390 g/mol. The molecule has 2 rings (SSSR count). The van der Waals surface area contributed by atoms with Crippen LogP contribution in [-0.2, 0) is 11.7 Å². The average Bonchev–Trinajstić information content (AvgIpc) is 2.46. The number of halogens is 9. The van der Waals surface area contributed by atoms with Gasteiger partial charge in [0.1, 0.15) is 5.92 Å². The van der Waals surface area contributed by atoms with E-state index in [1.165, 1.54) is 0 Å². The molecule has 26 heavy (non-hydrogen) atoms. The molecule has 2 unspecified atom stereocenters. The second-order valence-corrected chi connectivity index (χ2v) is 5.65. The van der Waals surface area contributed by atoms with E-state index in [1.807, 2.05) is 0 Å². The zero-order valence-electron chi connectivity index (χ0n) is 12.6. The highest BCUT2D eigenvalue weighted by atomic mass is 19.4. The van der Waals surface area contributed by atoms with E-state index in [9.17, 15) is 39.5 Å². The lowest BCUT2D eigenvalue weighted by atomic mass is 9.69. The third-order valence-electron chi connectivity index (χ3n) is 3.95. The summed E-state index contributed by atoms with van der Waals surface area (Å²) < 4.78 is 120. The van der Waals surface area contributed by atoms with Crippen LogP contribution >= 0.6 is 0 Å². The van der Waals surface area contributed by atoms with Gasteiger partial charge in [0.05, 0.1) is 16.7 Å². The van der Waals surface area contributed by atoms with Gasteiger partial charge in [0, 0.05) is 5.70 Å². The van der Waals surface area contributed by atoms with Crippen LogP contribution in [0.4, 0.5) is 39.5 Å². The fourth-order valence-electron chi connectivity index (χ4n) is 2.93. The van der Waals surface area contributed by atoms with Crippen LogP contribution in [0.1, 0.15) is 11.1 Å². The first-order valence-corrected chi connectivity index (χ1v) is 6.88. The summed E-state index contributed by atoms with van der Waals surface area (Å²) in [4.78, 5) is 0. The number of benzene rings is 1. The molecule has 11 heteroatoms. The molecule has 144 valence electrons. The lowest BCUT2D eigenvalue weighted by Crippen LogP contribution is -2.54. The fourth-order valence-corrected chi connectivity index (χ4v) is 2.93. The zero-order chi connectivity index (χ0) is 20.1. The lowest BCUT2D eigenvalue weighted by Gasteiger charge is -2.42. The molecular weight excluding hydrogens is 379 g/mol. The highest BCUT2D eigenvalue weighted by molar-refractivity contribution is 5.48. The Bertz CT molecular complexity index is 756. The molecule has 0 heterocycles. The number of alkyl halides is 9. The molecule has 0 saturated heterocycles. The largest absolute Gasteiger partial charge is 0.416 e. The average molecular weight is 390 g/mol. The predicted octanol–water partition coefficient (Wildman–Crippen LogP) is 4.38. The molecule has 0 aromatic heterocycles. The van der Waals surface area contributed by atoms with Crippen molar-refractivity contribution in [3.05, 3.63) is 58.8 Å². The maximum Gasteiger partial charge on any atom is 0.416 e. The Balaban J connectivity index is 2.83. The Morgan fingerprint density at radius 1 is 0.846 bits per heavy atom. The molecule has 1 aromatic carbocycles. The first-order valence-electron chi connectivity index (χ1n) is 6.88. The molecule has 0 amide bonds. The van der Waals surface area contributed by atoms with E-state index in [4.69, 9.17) is 11.5 Å². The maximum absolute atomic E-state index is 13.5. The van der Waals surface area contributed by atoms with Crippen molar-refractivity contribution in [2.24, 2.45) is 17.4 Å². The number of allylic oxidation sites excluding steroid dienone is 1. The van der Waals surface area contributed by atoms with E-state index in [2.05, 4.69) is 0 Å². The van der Waals surface area contributed by atoms with Crippen LogP contribution in [0.2, 0.25) is 0 Å². The smallest absolute Gasteiger partial charge is 0.398 e. The predicted molar refractivity (Wildman–Crippen MR) is 73.3 cm³/mol. The highest BCUT2D eigenvalue weighted by Gasteiger charge is 2.62. The van der Waals surface area contributed by atoms with Crippen LogP contribution in [-0.4, -0.2) is 12.4 Å².